The van der Waals surface area contributed by atoms with Crippen LogP contribution in [0.1, 0.15) is 138 Å². The lowest BCUT2D eigenvalue weighted by Crippen LogP contribution is -2.64. The number of benzene rings is 1. The van der Waals surface area contributed by atoms with Crippen molar-refractivity contribution < 1.29 is 136 Å². The first kappa shape index (κ1) is 97.2. The normalized spacial score (nSPS) is 22.5. The zero-order chi connectivity index (χ0) is 86.8. The quantitative estimate of drug-likeness (QED) is 0.0225. The third-order valence-corrected chi connectivity index (χ3v) is 18.7. The first-order valence-electron chi connectivity index (χ1n) is 36.9. The Hall–Kier alpha value is -12.0. The van der Waals surface area contributed by atoms with Crippen molar-refractivity contribution in [2.24, 2.45) is 29.2 Å². The van der Waals surface area contributed by atoms with Crippen molar-refractivity contribution >= 4 is 129 Å². The highest BCUT2D eigenvalue weighted by molar-refractivity contribution is 6.03. The highest BCUT2D eigenvalue weighted by Crippen LogP contribution is 2.22. The van der Waals surface area contributed by atoms with Crippen LogP contribution in [0.5, 0.6) is 0 Å². The number of nitrogens with zero attached hydrogens (tertiary/aromatic N) is 1. The number of carbonyl (C=O) groups is 20. The Morgan fingerprint density at radius 1 is 0.626 bits per heavy atom. The number of carboxylic acid groups (broad SMARTS) is 4. The van der Waals surface area contributed by atoms with Crippen LogP contribution >= 0.6 is 0 Å². The molecule has 0 aliphatic carbocycles. The number of likely N-dealkylation sites (N-methyl/N-ethyl adjacent to an activating group) is 1. The van der Waals surface area contributed by atoms with Crippen LogP contribution in [0.2, 0.25) is 0 Å². The number of nitrogens with two attached hydrogens (primary N) is 2. The fourth-order valence-electron chi connectivity index (χ4n) is 11.7. The van der Waals surface area contributed by atoms with E-state index in [1.54, 1.807) is 30.5 Å². The first-order chi connectivity index (χ1) is 54.0. The summed E-state index contributed by atoms with van der Waals surface area (Å²) in [6, 6.07) is -16.4. The fraction of sp³-hybridized carbons (Fsp3) is 0.606. The number of carboxylic acids is 4. The number of rotatable bonds is 35. The van der Waals surface area contributed by atoms with E-state index in [1.165, 1.54) is 13.8 Å². The second kappa shape index (κ2) is 47.5. The van der Waals surface area contributed by atoms with Crippen molar-refractivity contribution in [3.63, 3.8) is 0 Å². The number of cyclic esters (lactones) is 1. The number of methoxy groups -OCH3 is 1. The summed E-state index contributed by atoms with van der Waals surface area (Å²) in [5.74, 6) is -31.4. The van der Waals surface area contributed by atoms with E-state index in [9.17, 15) is 127 Å². The fourth-order valence-corrected chi connectivity index (χ4v) is 11.7. The number of carbonyl (C=O) groups excluding carboxylic acids is 16. The predicted octanol–water partition coefficient (Wildman–Crippen LogP) is -6.72. The van der Waals surface area contributed by atoms with E-state index >= 15 is 0 Å². The molecule has 638 valence electrons. The van der Waals surface area contributed by atoms with Gasteiger partial charge in [-0.3, -0.25) is 86.3 Å². The van der Waals surface area contributed by atoms with Crippen LogP contribution in [0.25, 0.3) is 10.9 Å². The van der Waals surface area contributed by atoms with Gasteiger partial charge in [-0.1, -0.05) is 91.3 Å². The molecule has 1 saturated heterocycles. The molecule has 2 heterocycles. The Kier molecular flexibility index (Phi) is 40.2. The molecule has 1 fully saturated rings. The summed E-state index contributed by atoms with van der Waals surface area (Å²) in [4.78, 5) is 276. The number of aromatic nitrogens is 1. The molecule has 0 spiro atoms. The maximum atomic E-state index is 15.0. The number of unbranched alkanes of at least 4 members (excludes halogenated alkanes) is 3. The number of ether oxygens (including phenoxy) is 2. The predicted molar refractivity (Wildman–Crippen MR) is 397 cm³/mol. The summed E-state index contributed by atoms with van der Waals surface area (Å²) >= 11 is 0. The molecule has 1 aliphatic heterocycles. The number of para-hydroxylation sites is 1. The molecule has 17 unspecified atom stereocenters. The molecule has 44 nitrogen and oxygen atoms in total. The monoisotopic (exact) mass is 1630 g/mol. The lowest BCUT2D eigenvalue weighted by Gasteiger charge is -2.33. The molecule has 1 aliphatic rings. The molecule has 44 heteroatoms. The number of amides is 15. The SMILES string of the molecule is CCC(C)CCCCCCC(=O)NC(Cc1c[nH]c2ccccc12)C(=O)NC(CCC(=O)O)C(=O)NC(C(=O)NC1C(=O)N(C)CC(=O)NC(C)C(=O)NC(CC(=O)O)C(=O)NC(CO)C(=O)NC(C(OC)C(=O)O)C(=O)NCC(=O)NC(CC(N)=O)C(=O)NC(C(C)CC(=O)O)C(=O)NC(C(C)CC)C(=O)OC1C)C(O)C(N)=O. The van der Waals surface area contributed by atoms with E-state index in [4.69, 9.17) is 20.9 Å². The Labute approximate surface area is 659 Å². The van der Waals surface area contributed by atoms with E-state index in [0.29, 0.717) is 40.1 Å². The minimum Gasteiger partial charge on any atom is -0.481 e. The molecule has 1 aromatic carbocycles. The topological polar surface area (TPSA) is 697 Å². The summed E-state index contributed by atoms with van der Waals surface area (Å²) in [5.41, 5.74) is 12.1. The summed E-state index contributed by atoms with van der Waals surface area (Å²) < 4.78 is 10.6. The third-order valence-electron chi connectivity index (χ3n) is 18.7. The number of aliphatic hydroxyl groups is 2. The van der Waals surface area contributed by atoms with Gasteiger partial charge in [-0.05, 0) is 56.1 Å². The molecule has 0 radical (unpaired) electrons. The summed E-state index contributed by atoms with van der Waals surface area (Å²) in [6.45, 7) is 6.25. The molecule has 115 heavy (non-hydrogen) atoms. The number of fused-ring (bicyclic) bond motifs is 1. The van der Waals surface area contributed by atoms with Crippen LogP contribution in [-0.2, 0) is 112 Å². The van der Waals surface area contributed by atoms with Crippen LogP contribution in [0, 0.1) is 17.8 Å². The van der Waals surface area contributed by atoms with Crippen LogP contribution in [0.4, 0.5) is 0 Å². The number of aromatic amines is 1. The molecule has 1 aromatic heterocycles. The van der Waals surface area contributed by atoms with Gasteiger partial charge in [0.25, 0.3) is 0 Å². The van der Waals surface area contributed by atoms with Gasteiger partial charge in [0, 0.05) is 50.5 Å². The molecular formula is C71H106N16O28. The van der Waals surface area contributed by atoms with E-state index in [-0.39, 0.29) is 19.3 Å². The van der Waals surface area contributed by atoms with Gasteiger partial charge in [0.05, 0.1) is 39.0 Å². The van der Waals surface area contributed by atoms with E-state index in [0.717, 1.165) is 60.6 Å². The average Bonchev–Trinajstić information content (AvgIpc) is 1.78. The highest BCUT2D eigenvalue weighted by atomic mass is 16.5. The molecule has 2 aromatic rings. The zero-order valence-corrected chi connectivity index (χ0v) is 65.0. The largest absolute Gasteiger partial charge is 0.481 e. The van der Waals surface area contributed by atoms with Crippen molar-refractivity contribution in [1.82, 2.24) is 73.7 Å². The van der Waals surface area contributed by atoms with Gasteiger partial charge in [0.1, 0.15) is 72.6 Å². The molecule has 0 bridgehead atoms. The number of esters is 1. The Bertz CT molecular complexity index is 3860. The molecule has 17 atom stereocenters. The van der Waals surface area contributed by atoms with Gasteiger partial charge in [-0.15, -0.1) is 0 Å². The van der Waals surface area contributed by atoms with Crippen LogP contribution in [0.3, 0.4) is 0 Å². The number of H-pyrrole nitrogens is 1. The van der Waals surface area contributed by atoms with Gasteiger partial charge in [0.15, 0.2) is 12.2 Å². The lowest BCUT2D eigenvalue weighted by atomic mass is 9.94. The van der Waals surface area contributed by atoms with E-state index in [1.807, 2.05) is 31.9 Å². The number of hydrogen-bond acceptors (Lipinski definition) is 24. The molecule has 23 N–H and O–H groups in total. The lowest BCUT2D eigenvalue weighted by molar-refractivity contribution is -0.159. The van der Waals surface area contributed by atoms with Crippen molar-refractivity contribution in [2.45, 2.75) is 223 Å². The molecule has 15 amide bonds. The number of hydrogen-bond donors (Lipinski definition) is 21. The molecule has 3 rings (SSSR count). The van der Waals surface area contributed by atoms with Crippen LogP contribution in [-0.4, -0.2) is 278 Å². The number of nitrogens with one attached hydrogen (secondary N) is 13. The number of primary amides is 2. The van der Waals surface area contributed by atoms with Gasteiger partial charge in [-0.2, -0.15) is 0 Å². The van der Waals surface area contributed by atoms with Crippen LogP contribution in [0.15, 0.2) is 30.5 Å². The van der Waals surface area contributed by atoms with Crippen molar-refractivity contribution in [3.8, 4) is 0 Å². The second-order valence-corrected chi connectivity index (χ2v) is 27.9. The maximum Gasteiger partial charge on any atom is 0.335 e. The van der Waals surface area contributed by atoms with Gasteiger partial charge in [-0.25, -0.2) is 9.59 Å². The van der Waals surface area contributed by atoms with Crippen LogP contribution < -0.4 is 75.3 Å². The average molecular weight is 1630 g/mol. The Morgan fingerprint density at radius 3 is 1.82 bits per heavy atom. The standard InChI is InChI=1S/C71H106N16O28/c1-10-32(3)18-14-12-13-15-21-46(90)77-41(25-37-28-74-39-20-17-16-19-38(37)39)62(103)79-40(22-23-49(93)94)61(102)85-55(57(99)59(73)100)68(109)84-54-36(7)115-71(113)53(33(4)11-2)83-67(108)52(34(5)24-50(95)96)82-64(105)42(26-45(72)89)78-47(91)29-75-66(107)56(58(114-9)70(111)112)86-65(106)44(31-88)81-63(104)43(27-51(97)98)80-60(101)35(6)76-48(92)30-87(8)69(54)110/h16-17,19-20,28,32-36,40-44,52-58,74,88,99H,10-15,18,21-27,29-31H2,1-9H3,(H2,72,89)(H2,73,100)(H,75,107)(H,76,92)(H,77,90)(H,78,91)(H,79,103)(H,80,101)(H,81,104)(H,82,105)(H,83,108)(H,84,109)(H,85,102)(H,86,106)(H,93,94)(H,95,96)(H,97,98)(H,111,112). The number of aliphatic carboxylic acids is 4. The highest BCUT2D eigenvalue weighted by Gasteiger charge is 2.44. The maximum absolute atomic E-state index is 15.0. The first-order valence-corrected chi connectivity index (χ1v) is 36.9. The van der Waals surface area contributed by atoms with Crippen molar-refractivity contribution in [2.75, 3.05) is 33.9 Å². The van der Waals surface area contributed by atoms with Gasteiger partial charge in [0.2, 0.25) is 88.6 Å². The Morgan fingerprint density at radius 2 is 1.23 bits per heavy atom. The minimum atomic E-state index is -2.81. The number of aliphatic hydroxyl groups excluding tert-OH is 2. The third kappa shape index (κ3) is 31.9. The van der Waals surface area contributed by atoms with E-state index < -0.39 is 267 Å². The van der Waals surface area contributed by atoms with Crippen molar-refractivity contribution in [3.05, 3.63) is 36.0 Å². The van der Waals surface area contributed by atoms with Crippen molar-refractivity contribution in [1.29, 1.82) is 0 Å². The summed E-state index contributed by atoms with van der Waals surface area (Å²) in [5, 5.41) is 87.4. The molecule has 0 saturated carbocycles. The minimum absolute atomic E-state index is 0.0302. The second-order valence-electron chi connectivity index (χ2n) is 27.9. The summed E-state index contributed by atoms with van der Waals surface area (Å²) in [7, 11) is 1.63. The van der Waals surface area contributed by atoms with Gasteiger partial charge >= 0.3 is 29.8 Å². The smallest absolute Gasteiger partial charge is 0.335 e. The molecular weight excluding hydrogens is 1520 g/mol. The summed E-state index contributed by atoms with van der Waals surface area (Å²) in [6.07, 6.45) is -6.14. The van der Waals surface area contributed by atoms with Gasteiger partial charge < -0.3 is 125 Å². The Balaban J connectivity index is 2.27. The van der Waals surface area contributed by atoms with E-state index in [2.05, 4.69) is 50.7 Å². The zero-order valence-electron chi connectivity index (χ0n) is 65.0.